The van der Waals surface area contributed by atoms with Gasteiger partial charge in [-0.2, -0.15) is 0 Å². The van der Waals surface area contributed by atoms with E-state index in [1.807, 2.05) is 0 Å². The summed E-state index contributed by atoms with van der Waals surface area (Å²) in [4.78, 5) is 0. The van der Waals surface area contributed by atoms with Crippen LogP contribution in [0.3, 0.4) is 0 Å². The van der Waals surface area contributed by atoms with Crippen molar-refractivity contribution in [3.8, 4) is 11.5 Å². The van der Waals surface area contributed by atoms with Gasteiger partial charge in [0.05, 0.1) is 13.2 Å². The summed E-state index contributed by atoms with van der Waals surface area (Å²) in [5, 5.41) is 0.0270. The molecule has 0 aromatic heterocycles. The van der Waals surface area contributed by atoms with Crippen molar-refractivity contribution >= 4 is 11.6 Å². The minimum absolute atomic E-state index is 0.0270. The molecule has 110 valence electrons. The van der Waals surface area contributed by atoms with Gasteiger partial charge in [-0.25, -0.2) is 4.39 Å². The summed E-state index contributed by atoms with van der Waals surface area (Å²) >= 11 is 6.17. The lowest BCUT2D eigenvalue weighted by Crippen LogP contribution is -2.33. The van der Waals surface area contributed by atoms with E-state index >= 15 is 0 Å². The zero-order valence-corrected chi connectivity index (χ0v) is 12.1. The fourth-order valence-corrected chi connectivity index (χ4v) is 3.51. The summed E-state index contributed by atoms with van der Waals surface area (Å²) in [5.41, 5.74) is 6.23. The molecule has 1 aromatic rings. The van der Waals surface area contributed by atoms with Crippen molar-refractivity contribution < 1.29 is 13.9 Å². The third-order valence-corrected chi connectivity index (χ3v) is 4.78. The zero-order valence-electron chi connectivity index (χ0n) is 11.4. The molecular formula is C15H19ClFNO2. The van der Waals surface area contributed by atoms with E-state index in [2.05, 4.69) is 0 Å². The van der Waals surface area contributed by atoms with Crippen LogP contribution in [0, 0.1) is 5.82 Å². The SMILES string of the molecule is NCC1(c2cc3c(c(Cl)c2F)OCCCO3)CCCC1. The standard InChI is InChI=1S/C15H19ClFNO2/c16-12-13(17)10(15(9-18)4-1-2-5-15)8-11-14(12)20-7-3-6-19-11/h8H,1-7,9,18H2. The minimum Gasteiger partial charge on any atom is -0.489 e. The molecule has 0 amide bonds. The van der Waals surface area contributed by atoms with E-state index < -0.39 is 5.82 Å². The lowest BCUT2D eigenvalue weighted by atomic mass is 9.78. The lowest BCUT2D eigenvalue weighted by molar-refractivity contribution is 0.296. The fourth-order valence-electron chi connectivity index (χ4n) is 3.26. The normalized spacial score (nSPS) is 20.8. The molecule has 0 unspecified atom stereocenters. The Kier molecular flexibility index (Phi) is 3.78. The van der Waals surface area contributed by atoms with Gasteiger partial charge in [-0.15, -0.1) is 0 Å². The average Bonchev–Trinajstić information content (AvgIpc) is 2.82. The third-order valence-electron chi connectivity index (χ3n) is 4.44. The van der Waals surface area contributed by atoms with Crippen molar-refractivity contribution in [1.82, 2.24) is 0 Å². The molecule has 3 rings (SSSR count). The molecular weight excluding hydrogens is 281 g/mol. The Bertz CT molecular complexity index is 515. The second-order valence-corrected chi connectivity index (χ2v) is 6.00. The molecule has 20 heavy (non-hydrogen) atoms. The predicted octanol–water partition coefficient (Wildman–Crippen LogP) is 3.41. The zero-order chi connectivity index (χ0) is 14.2. The number of ether oxygens (including phenoxy) is 2. The van der Waals surface area contributed by atoms with Crippen molar-refractivity contribution in [3.05, 3.63) is 22.5 Å². The van der Waals surface area contributed by atoms with Crippen molar-refractivity contribution in [2.75, 3.05) is 19.8 Å². The van der Waals surface area contributed by atoms with Crippen LogP contribution in [0.5, 0.6) is 11.5 Å². The van der Waals surface area contributed by atoms with Crippen LogP contribution < -0.4 is 15.2 Å². The van der Waals surface area contributed by atoms with Gasteiger partial charge < -0.3 is 15.2 Å². The summed E-state index contributed by atoms with van der Waals surface area (Å²) in [6, 6.07) is 1.75. The van der Waals surface area contributed by atoms with Gasteiger partial charge in [-0.05, 0) is 18.9 Å². The molecule has 0 saturated heterocycles. The van der Waals surface area contributed by atoms with Crippen molar-refractivity contribution in [1.29, 1.82) is 0 Å². The van der Waals surface area contributed by atoms with Gasteiger partial charge in [0.15, 0.2) is 11.5 Å². The Hall–Kier alpha value is -1.00. The van der Waals surface area contributed by atoms with Gasteiger partial charge in [-0.3, -0.25) is 0 Å². The van der Waals surface area contributed by atoms with Gasteiger partial charge in [0.25, 0.3) is 0 Å². The van der Waals surface area contributed by atoms with Crippen molar-refractivity contribution in [2.45, 2.75) is 37.5 Å². The molecule has 0 atom stereocenters. The van der Waals surface area contributed by atoms with E-state index in [4.69, 9.17) is 26.8 Å². The molecule has 2 aliphatic rings. The smallest absolute Gasteiger partial charge is 0.182 e. The van der Waals surface area contributed by atoms with Gasteiger partial charge in [0.2, 0.25) is 0 Å². The Morgan fingerprint density at radius 2 is 1.90 bits per heavy atom. The van der Waals surface area contributed by atoms with Crippen LogP contribution in [0.15, 0.2) is 6.07 Å². The second kappa shape index (κ2) is 5.41. The highest BCUT2D eigenvalue weighted by molar-refractivity contribution is 6.32. The van der Waals surface area contributed by atoms with Crippen LogP contribution in [0.2, 0.25) is 5.02 Å². The van der Waals surface area contributed by atoms with Crippen molar-refractivity contribution in [3.63, 3.8) is 0 Å². The number of hydrogen-bond acceptors (Lipinski definition) is 3. The molecule has 1 fully saturated rings. The van der Waals surface area contributed by atoms with E-state index in [0.717, 1.165) is 32.1 Å². The maximum Gasteiger partial charge on any atom is 0.182 e. The molecule has 0 spiro atoms. The van der Waals surface area contributed by atoms with E-state index in [-0.39, 0.29) is 10.4 Å². The number of halogens is 2. The van der Waals surface area contributed by atoms with Gasteiger partial charge in [0, 0.05) is 23.9 Å². The number of benzene rings is 1. The van der Waals surface area contributed by atoms with Gasteiger partial charge in [-0.1, -0.05) is 24.4 Å². The molecule has 2 N–H and O–H groups in total. The van der Waals surface area contributed by atoms with E-state index in [0.29, 0.717) is 36.8 Å². The molecule has 1 heterocycles. The van der Waals surface area contributed by atoms with E-state index in [9.17, 15) is 4.39 Å². The highest BCUT2D eigenvalue weighted by atomic mass is 35.5. The molecule has 1 aliphatic carbocycles. The minimum atomic E-state index is -0.400. The van der Waals surface area contributed by atoms with Crippen molar-refractivity contribution in [2.24, 2.45) is 5.73 Å². The van der Waals surface area contributed by atoms with E-state index in [1.165, 1.54) is 0 Å². The quantitative estimate of drug-likeness (QED) is 0.910. The number of fused-ring (bicyclic) bond motifs is 1. The molecule has 1 saturated carbocycles. The van der Waals surface area contributed by atoms with Crippen LogP contribution in [-0.2, 0) is 5.41 Å². The highest BCUT2D eigenvalue weighted by Crippen LogP contribution is 2.48. The Morgan fingerprint density at radius 3 is 2.60 bits per heavy atom. The summed E-state index contributed by atoms with van der Waals surface area (Å²) in [6.07, 6.45) is 4.71. The largest absolute Gasteiger partial charge is 0.489 e. The predicted molar refractivity (Wildman–Crippen MR) is 76.2 cm³/mol. The number of hydrogen-bond donors (Lipinski definition) is 1. The second-order valence-electron chi connectivity index (χ2n) is 5.62. The van der Waals surface area contributed by atoms with Crippen LogP contribution in [0.25, 0.3) is 0 Å². The monoisotopic (exact) mass is 299 g/mol. The molecule has 5 heteroatoms. The van der Waals surface area contributed by atoms with E-state index in [1.54, 1.807) is 6.07 Å². The Balaban J connectivity index is 2.12. The van der Waals surface area contributed by atoms with Crippen LogP contribution in [-0.4, -0.2) is 19.8 Å². The first-order valence-electron chi connectivity index (χ1n) is 7.16. The maximum atomic E-state index is 14.7. The molecule has 1 aliphatic heterocycles. The summed E-state index contributed by atoms with van der Waals surface area (Å²) < 4.78 is 25.9. The molecule has 3 nitrogen and oxygen atoms in total. The molecule has 1 aromatic carbocycles. The molecule has 0 bridgehead atoms. The van der Waals surface area contributed by atoms with Crippen LogP contribution in [0.1, 0.15) is 37.7 Å². The topological polar surface area (TPSA) is 44.5 Å². The van der Waals surface area contributed by atoms with Gasteiger partial charge >= 0.3 is 0 Å². The average molecular weight is 300 g/mol. The molecule has 0 radical (unpaired) electrons. The fraction of sp³-hybridized carbons (Fsp3) is 0.600. The Morgan fingerprint density at radius 1 is 1.20 bits per heavy atom. The summed E-state index contributed by atoms with van der Waals surface area (Å²) in [6.45, 7) is 1.48. The lowest BCUT2D eigenvalue weighted by Gasteiger charge is -2.29. The number of rotatable bonds is 2. The first-order valence-corrected chi connectivity index (χ1v) is 7.54. The summed E-state index contributed by atoms with van der Waals surface area (Å²) in [5.74, 6) is 0.475. The maximum absolute atomic E-state index is 14.7. The summed E-state index contributed by atoms with van der Waals surface area (Å²) in [7, 11) is 0. The highest BCUT2D eigenvalue weighted by Gasteiger charge is 2.38. The van der Waals surface area contributed by atoms with Crippen LogP contribution >= 0.6 is 11.6 Å². The number of nitrogens with two attached hydrogens (primary N) is 1. The first-order chi connectivity index (χ1) is 9.68. The Labute approximate surface area is 123 Å². The first kappa shape index (κ1) is 14.0. The van der Waals surface area contributed by atoms with Crippen LogP contribution in [0.4, 0.5) is 4.39 Å². The van der Waals surface area contributed by atoms with Gasteiger partial charge in [0.1, 0.15) is 10.8 Å². The third kappa shape index (κ3) is 2.15.